The first-order chi connectivity index (χ1) is 9.74. The van der Waals surface area contributed by atoms with Crippen LogP contribution in [-0.4, -0.2) is 19.9 Å². The fourth-order valence-corrected chi connectivity index (χ4v) is 2.93. The maximum Gasteiger partial charge on any atom is 0.102 e. The molecule has 2 aromatic heterocycles. The summed E-state index contributed by atoms with van der Waals surface area (Å²) in [5.74, 6) is 0. The number of thiazole rings is 1. The van der Waals surface area contributed by atoms with Crippen LogP contribution in [0.4, 0.5) is 0 Å². The van der Waals surface area contributed by atoms with Crippen molar-refractivity contribution in [3.63, 3.8) is 0 Å². The standard InChI is InChI=1S/C15H15N3OS/c1-11-10-20-15(17-11)9-14(19)13-7-8-16-18(13)12-5-3-2-4-6-12/h2-8,10,14,19H,9H2,1H3. The van der Waals surface area contributed by atoms with Gasteiger partial charge in [0.1, 0.15) is 6.10 Å². The van der Waals surface area contributed by atoms with Crippen LogP contribution in [-0.2, 0) is 6.42 Å². The molecular formula is C15H15N3OS. The summed E-state index contributed by atoms with van der Waals surface area (Å²) in [5.41, 5.74) is 2.72. The van der Waals surface area contributed by atoms with Crippen molar-refractivity contribution in [3.05, 3.63) is 64.4 Å². The van der Waals surface area contributed by atoms with E-state index in [0.29, 0.717) is 6.42 Å². The molecule has 0 spiro atoms. The van der Waals surface area contributed by atoms with E-state index in [9.17, 15) is 5.11 Å². The van der Waals surface area contributed by atoms with Gasteiger partial charge in [-0.15, -0.1) is 11.3 Å². The van der Waals surface area contributed by atoms with E-state index in [1.807, 2.05) is 48.7 Å². The van der Waals surface area contributed by atoms with E-state index in [1.165, 1.54) is 0 Å². The molecule has 0 bridgehead atoms. The number of aryl methyl sites for hydroxylation is 1. The first kappa shape index (κ1) is 13.0. The topological polar surface area (TPSA) is 50.9 Å². The van der Waals surface area contributed by atoms with Crippen LogP contribution in [0.25, 0.3) is 5.69 Å². The maximum atomic E-state index is 10.4. The number of benzene rings is 1. The predicted molar refractivity (Wildman–Crippen MR) is 79.1 cm³/mol. The van der Waals surface area contributed by atoms with Crippen LogP contribution >= 0.6 is 11.3 Å². The number of aliphatic hydroxyl groups excluding tert-OH is 1. The number of rotatable bonds is 4. The molecule has 102 valence electrons. The fourth-order valence-electron chi connectivity index (χ4n) is 2.12. The molecular weight excluding hydrogens is 270 g/mol. The van der Waals surface area contributed by atoms with Gasteiger partial charge < -0.3 is 5.11 Å². The Bertz CT molecular complexity index is 690. The van der Waals surface area contributed by atoms with Gasteiger partial charge in [-0.1, -0.05) is 18.2 Å². The average Bonchev–Trinajstić information content (AvgIpc) is 3.09. The van der Waals surface area contributed by atoms with Crippen LogP contribution in [0.1, 0.15) is 22.5 Å². The summed E-state index contributed by atoms with van der Waals surface area (Å²) >= 11 is 1.58. The molecule has 3 aromatic rings. The van der Waals surface area contributed by atoms with Gasteiger partial charge in [-0.25, -0.2) is 9.67 Å². The Hall–Kier alpha value is -1.98. The minimum atomic E-state index is -0.608. The zero-order chi connectivity index (χ0) is 13.9. The minimum absolute atomic E-state index is 0.511. The summed E-state index contributed by atoms with van der Waals surface area (Å²) in [6, 6.07) is 11.7. The number of aliphatic hydroxyl groups is 1. The summed E-state index contributed by atoms with van der Waals surface area (Å²) in [7, 11) is 0. The minimum Gasteiger partial charge on any atom is -0.386 e. The molecule has 5 heteroatoms. The predicted octanol–water partition coefficient (Wildman–Crippen LogP) is 2.91. The van der Waals surface area contributed by atoms with Crippen molar-refractivity contribution >= 4 is 11.3 Å². The highest BCUT2D eigenvalue weighted by molar-refractivity contribution is 7.09. The largest absolute Gasteiger partial charge is 0.386 e. The van der Waals surface area contributed by atoms with Crippen LogP contribution in [0.2, 0.25) is 0 Å². The Kier molecular flexibility index (Phi) is 3.62. The van der Waals surface area contributed by atoms with E-state index in [0.717, 1.165) is 22.1 Å². The molecule has 3 rings (SSSR count). The van der Waals surface area contributed by atoms with E-state index in [-0.39, 0.29) is 0 Å². The Morgan fingerprint density at radius 2 is 2.05 bits per heavy atom. The lowest BCUT2D eigenvalue weighted by molar-refractivity contribution is 0.170. The van der Waals surface area contributed by atoms with Crippen molar-refractivity contribution < 1.29 is 5.11 Å². The van der Waals surface area contributed by atoms with E-state index >= 15 is 0 Å². The molecule has 0 amide bonds. The Balaban J connectivity index is 1.86. The zero-order valence-electron chi connectivity index (χ0n) is 11.1. The van der Waals surface area contributed by atoms with E-state index < -0.39 is 6.10 Å². The van der Waals surface area contributed by atoms with Crippen LogP contribution < -0.4 is 0 Å². The zero-order valence-corrected chi connectivity index (χ0v) is 11.9. The van der Waals surface area contributed by atoms with E-state index in [1.54, 1.807) is 22.2 Å². The second-order valence-electron chi connectivity index (χ2n) is 4.61. The molecule has 1 aromatic carbocycles. The van der Waals surface area contributed by atoms with Gasteiger partial charge in [0.2, 0.25) is 0 Å². The van der Waals surface area contributed by atoms with Gasteiger partial charge in [0.25, 0.3) is 0 Å². The SMILES string of the molecule is Cc1csc(CC(O)c2ccnn2-c2ccccc2)n1. The summed E-state index contributed by atoms with van der Waals surface area (Å²) in [6.45, 7) is 1.96. The van der Waals surface area contributed by atoms with Crippen molar-refractivity contribution in [3.8, 4) is 5.69 Å². The Morgan fingerprint density at radius 3 is 2.75 bits per heavy atom. The van der Waals surface area contributed by atoms with Crippen molar-refractivity contribution in [1.82, 2.24) is 14.8 Å². The number of nitrogens with zero attached hydrogens (tertiary/aromatic N) is 3. The highest BCUT2D eigenvalue weighted by Crippen LogP contribution is 2.22. The third kappa shape index (κ3) is 2.64. The van der Waals surface area contributed by atoms with Crippen LogP contribution in [0.5, 0.6) is 0 Å². The lowest BCUT2D eigenvalue weighted by atomic mass is 10.2. The number of hydrogen-bond acceptors (Lipinski definition) is 4. The van der Waals surface area contributed by atoms with Gasteiger partial charge in [0, 0.05) is 23.7 Å². The van der Waals surface area contributed by atoms with Crippen molar-refractivity contribution in [2.75, 3.05) is 0 Å². The second-order valence-corrected chi connectivity index (χ2v) is 5.55. The third-order valence-electron chi connectivity index (χ3n) is 3.05. The molecule has 0 aliphatic carbocycles. The van der Waals surface area contributed by atoms with Crippen LogP contribution in [0.3, 0.4) is 0 Å². The molecule has 2 heterocycles. The first-order valence-corrected chi connectivity index (χ1v) is 7.30. The Labute approximate surface area is 121 Å². The van der Waals surface area contributed by atoms with Crippen molar-refractivity contribution in [2.45, 2.75) is 19.4 Å². The highest BCUT2D eigenvalue weighted by atomic mass is 32.1. The summed E-state index contributed by atoms with van der Waals surface area (Å²) < 4.78 is 1.77. The molecule has 1 N–H and O–H groups in total. The number of aromatic nitrogens is 3. The molecule has 0 saturated heterocycles. The lowest BCUT2D eigenvalue weighted by Gasteiger charge is -2.12. The highest BCUT2D eigenvalue weighted by Gasteiger charge is 2.16. The Morgan fingerprint density at radius 1 is 1.25 bits per heavy atom. The summed E-state index contributed by atoms with van der Waals surface area (Å²) in [6.07, 6.45) is 1.61. The fraction of sp³-hybridized carbons (Fsp3) is 0.200. The molecule has 20 heavy (non-hydrogen) atoms. The molecule has 1 atom stereocenters. The van der Waals surface area contributed by atoms with E-state index in [4.69, 9.17) is 0 Å². The second kappa shape index (κ2) is 5.56. The number of hydrogen-bond donors (Lipinski definition) is 1. The molecule has 4 nitrogen and oxygen atoms in total. The van der Waals surface area contributed by atoms with Gasteiger partial charge in [0.15, 0.2) is 0 Å². The monoisotopic (exact) mass is 285 g/mol. The third-order valence-corrected chi connectivity index (χ3v) is 4.04. The van der Waals surface area contributed by atoms with Crippen molar-refractivity contribution in [1.29, 1.82) is 0 Å². The van der Waals surface area contributed by atoms with Gasteiger partial charge in [-0.2, -0.15) is 5.10 Å². The maximum absolute atomic E-state index is 10.4. The van der Waals surface area contributed by atoms with Gasteiger partial charge in [-0.05, 0) is 25.1 Å². The average molecular weight is 285 g/mol. The van der Waals surface area contributed by atoms with Crippen LogP contribution in [0.15, 0.2) is 48.0 Å². The lowest BCUT2D eigenvalue weighted by Crippen LogP contribution is -2.09. The molecule has 1 unspecified atom stereocenters. The van der Waals surface area contributed by atoms with Crippen molar-refractivity contribution in [2.24, 2.45) is 0 Å². The number of para-hydroxylation sites is 1. The van der Waals surface area contributed by atoms with Gasteiger partial charge in [0.05, 0.1) is 16.4 Å². The first-order valence-electron chi connectivity index (χ1n) is 6.42. The summed E-state index contributed by atoms with van der Waals surface area (Å²) in [4.78, 5) is 4.39. The summed E-state index contributed by atoms with van der Waals surface area (Å²) in [5, 5.41) is 17.7. The quantitative estimate of drug-likeness (QED) is 0.802. The normalized spacial score (nSPS) is 12.5. The van der Waals surface area contributed by atoms with E-state index in [2.05, 4.69) is 10.1 Å². The molecule has 0 aliphatic rings. The molecule has 0 saturated carbocycles. The molecule has 0 radical (unpaired) electrons. The smallest absolute Gasteiger partial charge is 0.102 e. The van der Waals surface area contributed by atoms with Gasteiger partial charge >= 0.3 is 0 Å². The van der Waals surface area contributed by atoms with Crippen LogP contribution in [0, 0.1) is 6.92 Å². The van der Waals surface area contributed by atoms with Gasteiger partial charge in [-0.3, -0.25) is 0 Å². The molecule has 0 fully saturated rings. The molecule has 0 aliphatic heterocycles.